The first kappa shape index (κ1) is 20.7. The third-order valence-corrected chi connectivity index (χ3v) is 3.45. The number of amides is 2. The Hall–Kier alpha value is 0.354. The van der Waals surface area contributed by atoms with Gasteiger partial charge in [0, 0.05) is 57.2 Å². The fourth-order valence-corrected chi connectivity index (χ4v) is 2.09. The van der Waals surface area contributed by atoms with Crippen molar-refractivity contribution >= 4 is 39.7 Å². The minimum absolute atomic E-state index is 0. The Kier molecular flexibility index (Phi) is 15.8. The van der Waals surface area contributed by atoms with Gasteiger partial charge in [-0.15, -0.1) is 17.2 Å². The molecule has 0 saturated carbocycles. The summed E-state index contributed by atoms with van der Waals surface area (Å²) >= 11 is 0. The van der Waals surface area contributed by atoms with Crippen molar-refractivity contribution in [2.45, 2.75) is 19.8 Å². The molecule has 18 heavy (non-hydrogen) atoms. The molecule has 99 valence electrons. The predicted molar refractivity (Wildman–Crippen MR) is 71.9 cm³/mol. The molecule has 0 unspecified atom stereocenters. The van der Waals surface area contributed by atoms with E-state index in [0.717, 1.165) is 4.90 Å². The van der Waals surface area contributed by atoms with Crippen molar-refractivity contribution in [3.05, 3.63) is 18.4 Å². The summed E-state index contributed by atoms with van der Waals surface area (Å²) < 4.78 is 0. The van der Waals surface area contributed by atoms with E-state index in [4.69, 9.17) is 0 Å². The van der Waals surface area contributed by atoms with Crippen molar-refractivity contribution in [3.8, 4) is 0 Å². The van der Waals surface area contributed by atoms with E-state index in [0.29, 0.717) is 0 Å². The second-order valence-electron chi connectivity index (χ2n) is 3.00. The second-order valence-corrected chi connectivity index (χ2v) is 5.29. The summed E-state index contributed by atoms with van der Waals surface area (Å²) in [7, 11) is 3.41. The summed E-state index contributed by atoms with van der Waals surface area (Å²) in [4.78, 5) is 32.3. The van der Waals surface area contributed by atoms with Crippen LogP contribution in [0.25, 0.3) is 0 Å². The minimum Gasteiger partial charge on any atom is -0.542 e. The van der Waals surface area contributed by atoms with E-state index in [1.807, 2.05) is 10.8 Å². The molecular weight excluding hydrogens is 347 g/mol. The van der Waals surface area contributed by atoms with Gasteiger partial charge in [-0.1, -0.05) is 6.92 Å². The number of rotatable bonds is 6. The van der Waals surface area contributed by atoms with Crippen molar-refractivity contribution in [2.75, 3.05) is 12.3 Å². The molecule has 1 heterocycles. The summed E-state index contributed by atoms with van der Waals surface area (Å²) in [5, 5.41) is 0. The fraction of sp³-hybridized carbons (Fsp3) is 0.455. The van der Waals surface area contributed by atoms with Crippen molar-refractivity contribution in [3.63, 3.8) is 0 Å². The number of carbonyl (C=O) groups is 2. The van der Waals surface area contributed by atoms with Crippen molar-refractivity contribution in [1.29, 1.82) is 0 Å². The summed E-state index contributed by atoms with van der Waals surface area (Å²) in [6.07, 6.45) is 8.93. The van der Waals surface area contributed by atoms with Crippen molar-refractivity contribution < 1.29 is 47.1 Å². The monoisotopic (exact) mass is 362 g/mol. The largest absolute Gasteiger partial charge is 0.542 e. The molecule has 0 spiro atoms. The molecule has 0 atom stereocenters. The van der Waals surface area contributed by atoms with Crippen LogP contribution in [-0.4, -0.2) is 35.3 Å². The summed E-state index contributed by atoms with van der Waals surface area (Å²) in [6, 6.07) is 0. The van der Waals surface area contributed by atoms with Crippen molar-refractivity contribution in [2.24, 2.45) is 0 Å². The maximum absolute atomic E-state index is 10.8. The SMILES string of the molecule is O=[C-]CCN1C(=O)C=CC1=O.[CH2-]SSCCC.[Y]. The van der Waals surface area contributed by atoms with E-state index in [1.165, 1.54) is 24.3 Å². The van der Waals surface area contributed by atoms with E-state index in [-0.39, 0.29) is 57.5 Å². The van der Waals surface area contributed by atoms with Gasteiger partial charge in [0.25, 0.3) is 11.8 Å². The summed E-state index contributed by atoms with van der Waals surface area (Å²) in [5.41, 5.74) is 0. The van der Waals surface area contributed by atoms with Crippen LogP contribution in [0.1, 0.15) is 19.8 Å². The number of hydrogen-bond acceptors (Lipinski definition) is 5. The Bertz CT molecular complexity index is 276. The van der Waals surface area contributed by atoms with E-state index >= 15 is 0 Å². The molecular formula is C11H15NO3S2Y-2. The molecule has 0 bridgehead atoms. The van der Waals surface area contributed by atoms with Crippen LogP contribution in [0.4, 0.5) is 0 Å². The zero-order chi connectivity index (χ0) is 13.1. The minimum atomic E-state index is -0.356. The Morgan fingerprint density at radius 3 is 2.22 bits per heavy atom. The average molecular weight is 362 g/mol. The van der Waals surface area contributed by atoms with Crippen LogP contribution in [0, 0.1) is 6.26 Å². The van der Waals surface area contributed by atoms with E-state index < -0.39 is 0 Å². The average Bonchev–Trinajstić information content (AvgIpc) is 2.65. The molecule has 0 N–H and O–H groups in total. The first-order valence-corrected chi connectivity index (χ1v) is 7.58. The van der Waals surface area contributed by atoms with Gasteiger partial charge in [0.05, 0.1) is 0 Å². The van der Waals surface area contributed by atoms with Gasteiger partial charge >= 0.3 is 0 Å². The van der Waals surface area contributed by atoms with E-state index in [1.54, 1.807) is 17.1 Å². The van der Waals surface area contributed by atoms with Crippen LogP contribution in [0.2, 0.25) is 0 Å². The smallest absolute Gasteiger partial charge is 0.253 e. The maximum atomic E-state index is 10.8. The molecule has 7 heteroatoms. The van der Waals surface area contributed by atoms with Gasteiger partial charge in [-0.05, 0) is 6.42 Å². The number of carbonyl (C=O) groups excluding carboxylic acids is 3. The molecule has 0 fully saturated rings. The Balaban J connectivity index is 0. The molecule has 0 aromatic carbocycles. The van der Waals surface area contributed by atoms with Crippen molar-refractivity contribution in [1.82, 2.24) is 4.90 Å². The van der Waals surface area contributed by atoms with Crippen LogP contribution in [-0.2, 0) is 47.1 Å². The third-order valence-electron chi connectivity index (χ3n) is 1.71. The predicted octanol–water partition coefficient (Wildman–Crippen LogP) is 1.98. The molecule has 2 amide bonds. The third kappa shape index (κ3) is 9.31. The van der Waals surface area contributed by atoms with Crippen LogP contribution in [0.15, 0.2) is 12.2 Å². The maximum Gasteiger partial charge on any atom is 0.253 e. The molecule has 1 aliphatic heterocycles. The van der Waals surface area contributed by atoms with Gasteiger partial charge in [-0.3, -0.25) is 37.8 Å². The molecule has 0 aromatic rings. The second kappa shape index (κ2) is 13.8. The number of hydrogen-bond donors (Lipinski definition) is 0. The molecule has 1 aliphatic rings. The van der Waals surface area contributed by atoms with Gasteiger partial charge in [-0.25, -0.2) is 0 Å². The first-order valence-electron chi connectivity index (χ1n) is 5.09. The zero-order valence-electron chi connectivity index (χ0n) is 10.3. The molecule has 1 radical (unpaired) electrons. The summed E-state index contributed by atoms with van der Waals surface area (Å²) in [6.45, 7) is 2.30. The number of imide groups is 1. The molecule has 0 aliphatic carbocycles. The van der Waals surface area contributed by atoms with Gasteiger partial charge in [0.15, 0.2) is 0 Å². The van der Waals surface area contributed by atoms with Gasteiger partial charge < -0.3 is 4.79 Å². The van der Waals surface area contributed by atoms with E-state index in [9.17, 15) is 14.4 Å². The molecule has 1 rings (SSSR count). The zero-order valence-corrected chi connectivity index (χ0v) is 14.7. The standard InChI is InChI=1S/C7H6NO3.C4H9S2.Y/c9-5-1-4-8-6(10)2-3-7(8)11;1-3-4-6-5-2;/h2-3H,1,4H2;2-4H2,1H3;/q2*-1;. The normalized spacial score (nSPS) is 12.9. The summed E-state index contributed by atoms with van der Waals surface area (Å²) in [5.74, 6) is 0.518. The Morgan fingerprint density at radius 2 is 1.89 bits per heavy atom. The van der Waals surface area contributed by atoms with Crippen LogP contribution in [0.3, 0.4) is 0 Å². The quantitative estimate of drug-likeness (QED) is 0.313. The molecule has 0 aromatic heterocycles. The fourth-order valence-electron chi connectivity index (χ4n) is 0.951. The Morgan fingerprint density at radius 1 is 1.33 bits per heavy atom. The topological polar surface area (TPSA) is 54.5 Å². The Labute approximate surface area is 141 Å². The van der Waals surface area contributed by atoms with Gasteiger partial charge in [0.1, 0.15) is 0 Å². The van der Waals surface area contributed by atoms with Crippen LogP contribution >= 0.6 is 21.6 Å². The van der Waals surface area contributed by atoms with Crippen LogP contribution < -0.4 is 0 Å². The van der Waals surface area contributed by atoms with Gasteiger partial charge in [-0.2, -0.15) is 0 Å². The van der Waals surface area contributed by atoms with Gasteiger partial charge in [0.2, 0.25) is 0 Å². The van der Waals surface area contributed by atoms with E-state index in [2.05, 4.69) is 13.2 Å². The molecule has 4 nitrogen and oxygen atoms in total. The first-order chi connectivity index (χ1) is 8.17. The molecule has 0 saturated heterocycles. The number of nitrogens with zero attached hydrogens (tertiary/aromatic N) is 1. The van der Waals surface area contributed by atoms with Crippen LogP contribution in [0.5, 0.6) is 0 Å².